The topological polar surface area (TPSA) is 88.2 Å². The first-order chi connectivity index (χ1) is 17.0. The first kappa shape index (κ1) is 23.5. The molecule has 1 N–H and O–H groups in total. The maximum atomic E-state index is 12.9. The second-order valence-corrected chi connectivity index (χ2v) is 9.49. The van der Waals surface area contributed by atoms with Gasteiger partial charge in [0.15, 0.2) is 0 Å². The monoisotopic (exact) mass is 477 g/mol. The number of rotatable bonds is 7. The number of piperidine rings is 1. The first-order valence-corrected chi connectivity index (χ1v) is 12.3. The van der Waals surface area contributed by atoms with E-state index >= 15 is 0 Å². The van der Waals surface area contributed by atoms with E-state index in [0.717, 1.165) is 51.1 Å². The van der Waals surface area contributed by atoms with Gasteiger partial charge < -0.3 is 14.8 Å². The Morgan fingerprint density at radius 1 is 1.06 bits per heavy atom. The molecule has 8 heteroatoms. The van der Waals surface area contributed by atoms with E-state index in [4.69, 9.17) is 9.47 Å². The van der Waals surface area contributed by atoms with Crippen LogP contribution in [0.5, 0.6) is 5.75 Å². The fraction of sp³-hybridized carbons (Fsp3) is 0.444. The van der Waals surface area contributed by atoms with Crippen LogP contribution in [0.15, 0.2) is 42.5 Å². The SMILES string of the molecule is COc1cccc(CN2CCC(NC(=O)c3ccc4c(c3)C(=O)N(CC3CCCO3)C4=O)CC2)c1. The van der Waals surface area contributed by atoms with Gasteiger partial charge in [0.1, 0.15) is 5.75 Å². The number of carbonyl (C=O) groups excluding carboxylic acids is 3. The van der Waals surface area contributed by atoms with Crippen molar-refractivity contribution in [2.24, 2.45) is 0 Å². The van der Waals surface area contributed by atoms with Gasteiger partial charge in [-0.05, 0) is 61.6 Å². The minimum atomic E-state index is -0.346. The zero-order valence-corrected chi connectivity index (χ0v) is 20.0. The molecule has 3 amide bonds. The fourth-order valence-electron chi connectivity index (χ4n) is 5.12. The predicted molar refractivity (Wildman–Crippen MR) is 130 cm³/mol. The molecule has 5 rings (SSSR count). The highest BCUT2D eigenvalue weighted by Crippen LogP contribution is 2.26. The van der Waals surface area contributed by atoms with Gasteiger partial charge in [-0.15, -0.1) is 0 Å². The smallest absolute Gasteiger partial charge is 0.261 e. The van der Waals surface area contributed by atoms with E-state index in [0.29, 0.717) is 23.3 Å². The number of carbonyl (C=O) groups is 3. The van der Waals surface area contributed by atoms with E-state index in [2.05, 4.69) is 22.3 Å². The number of nitrogens with one attached hydrogen (secondary N) is 1. The summed E-state index contributed by atoms with van der Waals surface area (Å²) in [5, 5.41) is 3.11. The van der Waals surface area contributed by atoms with E-state index in [9.17, 15) is 14.4 Å². The van der Waals surface area contributed by atoms with E-state index in [1.807, 2.05) is 12.1 Å². The number of hydrogen-bond acceptors (Lipinski definition) is 6. The van der Waals surface area contributed by atoms with Crippen molar-refractivity contribution in [1.29, 1.82) is 0 Å². The maximum Gasteiger partial charge on any atom is 0.261 e. The van der Waals surface area contributed by atoms with E-state index in [1.54, 1.807) is 25.3 Å². The minimum absolute atomic E-state index is 0.0747. The van der Waals surface area contributed by atoms with Crippen molar-refractivity contribution in [1.82, 2.24) is 15.1 Å². The summed E-state index contributed by atoms with van der Waals surface area (Å²) in [5.41, 5.74) is 2.27. The molecule has 3 aliphatic rings. The molecule has 0 bridgehead atoms. The van der Waals surface area contributed by atoms with Gasteiger partial charge in [0.05, 0.1) is 30.9 Å². The van der Waals surface area contributed by atoms with Gasteiger partial charge in [0.25, 0.3) is 17.7 Å². The summed E-state index contributed by atoms with van der Waals surface area (Å²) in [4.78, 5) is 42.2. The summed E-state index contributed by atoms with van der Waals surface area (Å²) in [6.45, 7) is 3.55. The van der Waals surface area contributed by atoms with Crippen LogP contribution in [0.2, 0.25) is 0 Å². The number of amides is 3. The second kappa shape index (κ2) is 10.2. The van der Waals surface area contributed by atoms with E-state index in [-0.39, 0.29) is 36.4 Å². The lowest BCUT2D eigenvalue weighted by Gasteiger charge is -2.32. The second-order valence-electron chi connectivity index (χ2n) is 9.49. The quantitative estimate of drug-likeness (QED) is 0.617. The Hall–Kier alpha value is -3.23. The van der Waals surface area contributed by atoms with Gasteiger partial charge in [-0.1, -0.05) is 12.1 Å². The van der Waals surface area contributed by atoms with Crippen molar-refractivity contribution < 1.29 is 23.9 Å². The molecule has 3 aliphatic heterocycles. The van der Waals surface area contributed by atoms with Crippen molar-refractivity contribution >= 4 is 17.7 Å². The Labute approximate surface area is 205 Å². The van der Waals surface area contributed by atoms with Gasteiger partial charge in [-0.2, -0.15) is 0 Å². The van der Waals surface area contributed by atoms with E-state index in [1.165, 1.54) is 10.5 Å². The molecule has 0 spiro atoms. The molecule has 0 saturated carbocycles. The Morgan fingerprint density at radius 2 is 1.86 bits per heavy atom. The van der Waals surface area contributed by atoms with Gasteiger partial charge in [0, 0.05) is 37.8 Å². The van der Waals surface area contributed by atoms with Crippen molar-refractivity contribution in [3.63, 3.8) is 0 Å². The molecule has 1 atom stereocenters. The third kappa shape index (κ3) is 5.09. The normalized spacial score (nSPS) is 20.8. The molecule has 2 saturated heterocycles. The Bertz CT molecular complexity index is 1120. The summed E-state index contributed by atoms with van der Waals surface area (Å²) >= 11 is 0. The van der Waals surface area contributed by atoms with Crippen LogP contribution in [-0.4, -0.2) is 73.0 Å². The van der Waals surface area contributed by atoms with Crippen LogP contribution in [0, 0.1) is 0 Å². The predicted octanol–water partition coefficient (Wildman–Crippen LogP) is 2.86. The number of methoxy groups -OCH3 is 1. The molecule has 8 nitrogen and oxygen atoms in total. The van der Waals surface area contributed by atoms with Crippen LogP contribution in [0.1, 0.15) is 62.3 Å². The van der Waals surface area contributed by atoms with Crippen LogP contribution >= 0.6 is 0 Å². The van der Waals surface area contributed by atoms with Crippen LogP contribution < -0.4 is 10.1 Å². The first-order valence-electron chi connectivity index (χ1n) is 12.3. The van der Waals surface area contributed by atoms with Crippen molar-refractivity contribution in [2.45, 2.75) is 44.4 Å². The minimum Gasteiger partial charge on any atom is -0.497 e. The van der Waals surface area contributed by atoms with Crippen molar-refractivity contribution in [2.75, 3.05) is 33.4 Å². The number of imide groups is 1. The molecule has 2 fully saturated rings. The highest BCUT2D eigenvalue weighted by atomic mass is 16.5. The summed E-state index contributed by atoms with van der Waals surface area (Å²) in [6.07, 6.45) is 3.40. The summed E-state index contributed by atoms with van der Waals surface area (Å²) in [5.74, 6) is -0.0112. The average molecular weight is 478 g/mol. The number of likely N-dealkylation sites (tertiary alicyclic amines) is 1. The highest BCUT2D eigenvalue weighted by molar-refractivity contribution is 6.22. The summed E-state index contributed by atoms with van der Waals surface area (Å²) in [6, 6.07) is 12.9. The number of benzene rings is 2. The molecule has 0 radical (unpaired) electrons. The van der Waals surface area contributed by atoms with Crippen LogP contribution in [-0.2, 0) is 11.3 Å². The number of fused-ring (bicyclic) bond motifs is 1. The van der Waals surface area contributed by atoms with Crippen LogP contribution in [0.3, 0.4) is 0 Å². The zero-order valence-electron chi connectivity index (χ0n) is 20.0. The van der Waals surface area contributed by atoms with E-state index < -0.39 is 0 Å². The Balaban J connectivity index is 1.16. The number of hydrogen-bond donors (Lipinski definition) is 1. The van der Waals surface area contributed by atoms with Crippen molar-refractivity contribution in [3.05, 3.63) is 64.7 Å². The molecule has 2 aromatic carbocycles. The molecule has 0 aliphatic carbocycles. The van der Waals surface area contributed by atoms with Crippen molar-refractivity contribution in [3.8, 4) is 5.75 Å². The van der Waals surface area contributed by atoms with Crippen LogP contribution in [0.4, 0.5) is 0 Å². The lowest BCUT2D eigenvalue weighted by atomic mass is 10.0. The Kier molecular flexibility index (Phi) is 6.83. The van der Waals surface area contributed by atoms with Gasteiger partial charge in [0.2, 0.25) is 0 Å². The highest BCUT2D eigenvalue weighted by Gasteiger charge is 2.38. The molecule has 1 unspecified atom stereocenters. The molecule has 184 valence electrons. The molecule has 2 aromatic rings. The standard InChI is InChI=1S/C27H31N3O5/c1-34-21-5-2-4-18(14-21)16-29-11-9-20(10-12-29)28-25(31)19-7-8-23-24(15-19)27(33)30(26(23)32)17-22-6-3-13-35-22/h2,4-5,7-8,14-15,20,22H,3,6,9-13,16-17H2,1H3,(H,28,31). The largest absolute Gasteiger partial charge is 0.497 e. The number of ether oxygens (including phenoxy) is 2. The third-order valence-electron chi connectivity index (χ3n) is 7.11. The molecule has 0 aromatic heterocycles. The lowest BCUT2D eigenvalue weighted by Crippen LogP contribution is -2.44. The third-order valence-corrected chi connectivity index (χ3v) is 7.11. The maximum absolute atomic E-state index is 12.9. The summed E-state index contributed by atoms with van der Waals surface area (Å²) < 4.78 is 10.9. The lowest BCUT2D eigenvalue weighted by molar-refractivity contribution is 0.0475. The van der Waals surface area contributed by atoms with Crippen LogP contribution in [0.25, 0.3) is 0 Å². The zero-order chi connectivity index (χ0) is 24.4. The summed E-state index contributed by atoms with van der Waals surface area (Å²) in [7, 11) is 1.67. The number of nitrogens with zero attached hydrogens (tertiary/aromatic N) is 2. The molecule has 3 heterocycles. The Morgan fingerprint density at radius 3 is 2.60 bits per heavy atom. The fourth-order valence-corrected chi connectivity index (χ4v) is 5.12. The van der Waals surface area contributed by atoms with Gasteiger partial charge >= 0.3 is 0 Å². The molecule has 35 heavy (non-hydrogen) atoms. The molecular weight excluding hydrogens is 446 g/mol. The molecular formula is C27H31N3O5. The van der Waals surface area contributed by atoms with Gasteiger partial charge in [-0.3, -0.25) is 24.2 Å². The average Bonchev–Trinajstić information content (AvgIpc) is 3.48. The van der Waals surface area contributed by atoms with Gasteiger partial charge in [-0.25, -0.2) is 0 Å².